The van der Waals surface area contributed by atoms with E-state index in [0.29, 0.717) is 6.54 Å². The van der Waals surface area contributed by atoms with Crippen molar-refractivity contribution in [2.45, 2.75) is 23.8 Å². The molecule has 140 valence electrons. The number of hydrogen-bond donors (Lipinski definition) is 3. The summed E-state index contributed by atoms with van der Waals surface area (Å²) in [5.74, 6) is -0.0868. The third-order valence-corrected chi connectivity index (χ3v) is 4.82. The van der Waals surface area contributed by atoms with Gasteiger partial charge in [0.15, 0.2) is 9.84 Å². The Hall–Kier alpha value is -1.91. The van der Waals surface area contributed by atoms with Gasteiger partial charge in [-0.25, -0.2) is 8.42 Å². The van der Waals surface area contributed by atoms with Crippen LogP contribution >= 0.6 is 12.4 Å². The van der Waals surface area contributed by atoms with E-state index in [1.807, 2.05) is 0 Å². The van der Waals surface area contributed by atoms with Crippen molar-refractivity contribution in [3.05, 3.63) is 28.3 Å². The zero-order valence-corrected chi connectivity index (χ0v) is 15.3. The molecule has 25 heavy (non-hydrogen) atoms. The molecule has 1 fully saturated rings. The van der Waals surface area contributed by atoms with E-state index >= 15 is 0 Å². The van der Waals surface area contributed by atoms with E-state index in [-0.39, 0.29) is 47.2 Å². The lowest BCUT2D eigenvalue weighted by Gasteiger charge is -2.12. The molecule has 1 amide bonds. The van der Waals surface area contributed by atoms with E-state index < -0.39 is 14.8 Å². The minimum atomic E-state index is -3.52. The number of amides is 1. The first-order valence-electron chi connectivity index (χ1n) is 7.52. The molecule has 1 aromatic carbocycles. The fourth-order valence-corrected chi connectivity index (χ4v) is 3.10. The Morgan fingerprint density at radius 2 is 2.12 bits per heavy atom. The van der Waals surface area contributed by atoms with Crippen molar-refractivity contribution in [1.82, 2.24) is 10.6 Å². The topological polar surface area (TPSA) is 130 Å². The summed E-state index contributed by atoms with van der Waals surface area (Å²) in [5.41, 5.74) is -0.109. The standard InChI is InChI=1S/C14H20N4O5S.ClH/c1-24(22,23)10-4-5-11(13(9-10)18(20)21)16-7-8-17-14(19)12-3-2-6-15-12;/h4-5,9,12,15-16H,2-3,6-8H2,1H3,(H,17,19);1H. The summed E-state index contributed by atoms with van der Waals surface area (Å²) >= 11 is 0. The van der Waals surface area contributed by atoms with Gasteiger partial charge in [-0.2, -0.15) is 0 Å². The second-order valence-corrected chi connectivity index (χ2v) is 7.59. The summed E-state index contributed by atoms with van der Waals surface area (Å²) in [7, 11) is -3.52. The van der Waals surface area contributed by atoms with Gasteiger partial charge in [-0.1, -0.05) is 0 Å². The summed E-state index contributed by atoms with van der Waals surface area (Å²) in [6, 6.07) is 3.52. The number of anilines is 1. The average molecular weight is 393 g/mol. The largest absolute Gasteiger partial charge is 0.378 e. The highest BCUT2D eigenvalue weighted by atomic mass is 35.5. The molecule has 0 bridgehead atoms. The second-order valence-electron chi connectivity index (χ2n) is 5.57. The van der Waals surface area contributed by atoms with Crippen molar-refractivity contribution < 1.29 is 18.1 Å². The lowest BCUT2D eigenvalue weighted by atomic mass is 10.2. The number of rotatable bonds is 7. The number of sulfone groups is 1. The first-order valence-corrected chi connectivity index (χ1v) is 9.41. The molecule has 2 rings (SSSR count). The van der Waals surface area contributed by atoms with Gasteiger partial charge in [0.05, 0.1) is 15.9 Å². The van der Waals surface area contributed by atoms with Gasteiger partial charge >= 0.3 is 0 Å². The number of carbonyl (C=O) groups is 1. The van der Waals surface area contributed by atoms with Crippen molar-refractivity contribution in [2.24, 2.45) is 0 Å². The van der Waals surface area contributed by atoms with E-state index in [1.54, 1.807) is 0 Å². The van der Waals surface area contributed by atoms with Crippen molar-refractivity contribution in [3.63, 3.8) is 0 Å². The molecule has 0 radical (unpaired) electrons. The summed E-state index contributed by atoms with van der Waals surface area (Å²) in [4.78, 5) is 22.2. The second kappa shape index (κ2) is 8.97. The SMILES string of the molecule is CS(=O)(=O)c1ccc(NCCNC(=O)C2CCCN2)c([N+](=O)[O-])c1.Cl. The van der Waals surface area contributed by atoms with Gasteiger partial charge in [0.1, 0.15) is 5.69 Å². The van der Waals surface area contributed by atoms with Gasteiger partial charge in [0.25, 0.3) is 5.69 Å². The molecule has 1 aromatic rings. The summed E-state index contributed by atoms with van der Waals surface area (Å²) in [6.07, 6.45) is 2.76. The molecule has 1 atom stereocenters. The Kier molecular flexibility index (Phi) is 7.59. The van der Waals surface area contributed by atoms with E-state index in [2.05, 4.69) is 16.0 Å². The normalized spacial score (nSPS) is 16.8. The number of nitro groups is 1. The van der Waals surface area contributed by atoms with Crippen LogP contribution < -0.4 is 16.0 Å². The Morgan fingerprint density at radius 3 is 2.68 bits per heavy atom. The Morgan fingerprint density at radius 1 is 1.40 bits per heavy atom. The molecule has 0 aromatic heterocycles. The van der Waals surface area contributed by atoms with Crippen LogP contribution in [0.4, 0.5) is 11.4 Å². The summed E-state index contributed by atoms with van der Waals surface area (Å²) in [5, 5.41) is 19.8. The Bertz CT molecular complexity index is 735. The van der Waals surface area contributed by atoms with Crippen molar-refractivity contribution in [2.75, 3.05) is 31.2 Å². The van der Waals surface area contributed by atoms with Crippen LogP contribution in [0.1, 0.15) is 12.8 Å². The maximum Gasteiger partial charge on any atom is 0.293 e. The van der Waals surface area contributed by atoms with Gasteiger partial charge in [0.2, 0.25) is 5.91 Å². The van der Waals surface area contributed by atoms with Crippen molar-refractivity contribution in [1.29, 1.82) is 0 Å². The van der Waals surface area contributed by atoms with Gasteiger partial charge < -0.3 is 16.0 Å². The van der Waals surface area contributed by atoms with Gasteiger partial charge in [-0.15, -0.1) is 12.4 Å². The molecular formula is C14H21ClN4O5S. The number of halogens is 1. The number of hydrogen-bond acceptors (Lipinski definition) is 7. The summed E-state index contributed by atoms with van der Waals surface area (Å²) in [6.45, 7) is 1.43. The van der Waals surface area contributed by atoms with E-state index in [4.69, 9.17) is 0 Å². The van der Waals surface area contributed by atoms with Crippen LogP contribution in [-0.4, -0.2) is 51.2 Å². The quantitative estimate of drug-likeness (QED) is 0.353. The van der Waals surface area contributed by atoms with Gasteiger partial charge in [-0.3, -0.25) is 14.9 Å². The van der Waals surface area contributed by atoms with Crippen LogP contribution in [-0.2, 0) is 14.6 Å². The predicted octanol–water partition coefficient (Wildman–Crippen LogP) is 0.700. The highest BCUT2D eigenvalue weighted by molar-refractivity contribution is 7.90. The van der Waals surface area contributed by atoms with Crippen molar-refractivity contribution in [3.8, 4) is 0 Å². The van der Waals surface area contributed by atoms with E-state index in [0.717, 1.165) is 31.7 Å². The fourth-order valence-electron chi connectivity index (χ4n) is 2.46. The molecule has 0 spiro atoms. The monoisotopic (exact) mass is 392 g/mol. The minimum absolute atomic E-state index is 0. The van der Waals surface area contributed by atoms with Crippen LogP contribution in [0.3, 0.4) is 0 Å². The molecular weight excluding hydrogens is 372 g/mol. The molecule has 11 heteroatoms. The molecule has 3 N–H and O–H groups in total. The molecule has 1 aliphatic rings. The predicted molar refractivity (Wildman–Crippen MR) is 96.0 cm³/mol. The van der Waals surface area contributed by atoms with E-state index in [1.165, 1.54) is 12.1 Å². The highest BCUT2D eigenvalue weighted by Crippen LogP contribution is 2.27. The highest BCUT2D eigenvalue weighted by Gasteiger charge is 2.21. The average Bonchev–Trinajstić information content (AvgIpc) is 3.04. The maximum atomic E-state index is 11.8. The molecule has 1 aliphatic heterocycles. The number of benzene rings is 1. The molecule has 1 saturated heterocycles. The van der Waals surface area contributed by atoms with Crippen LogP contribution in [0.15, 0.2) is 23.1 Å². The zero-order valence-electron chi connectivity index (χ0n) is 13.6. The third kappa shape index (κ3) is 5.83. The first kappa shape index (κ1) is 21.1. The number of carbonyl (C=O) groups excluding carboxylic acids is 1. The number of nitrogens with zero attached hydrogens (tertiary/aromatic N) is 1. The zero-order chi connectivity index (χ0) is 17.7. The first-order chi connectivity index (χ1) is 11.3. The number of nitro benzene ring substituents is 1. The molecule has 1 unspecified atom stereocenters. The number of nitrogens with one attached hydrogen (secondary N) is 3. The Balaban J connectivity index is 0.00000312. The lowest BCUT2D eigenvalue weighted by molar-refractivity contribution is -0.384. The van der Waals surface area contributed by atoms with Crippen LogP contribution in [0.25, 0.3) is 0 Å². The molecule has 0 saturated carbocycles. The van der Waals surface area contributed by atoms with Crippen molar-refractivity contribution >= 4 is 39.5 Å². The Labute approximate surface area is 152 Å². The lowest BCUT2D eigenvalue weighted by Crippen LogP contribution is -2.42. The van der Waals surface area contributed by atoms with Crippen LogP contribution in [0.5, 0.6) is 0 Å². The smallest absolute Gasteiger partial charge is 0.293 e. The summed E-state index contributed by atoms with van der Waals surface area (Å²) < 4.78 is 23.0. The van der Waals surface area contributed by atoms with Gasteiger partial charge in [-0.05, 0) is 31.5 Å². The fraction of sp³-hybridized carbons (Fsp3) is 0.500. The van der Waals surface area contributed by atoms with E-state index in [9.17, 15) is 23.3 Å². The molecule has 0 aliphatic carbocycles. The molecule has 9 nitrogen and oxygen atoms in total. The third-order valence-electron chi connectivity index (χ3n) is 3.71. The van der Waals surface area contributed by atoms with Gasteiger partial charge in [0, 0.05) is 25.4 Å². The maximum absolute atomic E-state index is 11.8. The molecule has 1 heterocycles. The van der Waals surface area contributed by atoms with Crippen LogP contribution in [0, 0.1) is 10.1 Å². The minimum Gasteiger partial charge on any atom is -0.378 e. The van der Waals surface area contributed by atoms with Crippen LogP contribution in [0.2, 0.25) is 0 Å².